The van der Waals surface area contributed by atoms with Crippen molar-refractivity contribution in [1.29, 1.82) is 0 Å². The summed E-state index contributed by atoms with van der Waals surface area (Å²) in [5, 5.41) is 11.8. The second-order valence-electron chi connectivity index (χ2n) is 9.47. The van der Waals surface area contributed by atoms with Crippen LogP contribution in [0.5, 0.6) is 0 Å². The van der Waals surface area contributed by atoms with Gasteiger partial charge in [-0.2, -0.15) is 0 Å². The third-order valence-corrected chi connectivity index (χ3v) is 8.32. The molecule has 0 bridgehead atoms. The molecule has 1 N–H and O–H groups in total. The first-order chi connectivity index (χ1) is 18.6. The topological polar surface area (TPSA) is 38.0 Å². The van der Waals surface area contributed by atoms with E-state index in [-0.39, 0.29) is 5.82 Å². The Bertz CT molecular complexity index is 1550. The van der Waals surface area contributed by atoms with Gasteiger partial charge in [-0.15, -0.1) is 11.3 Å². The van der Waals surface area contributed by atoms with Gasteiger partial charge in [0.15, 0.2) is 0 Å². The molecule has 188 valence electrons. The van der Waals surface area contributed by atoms with Crippen molar-refractivity contribution in [2.45, 2.75) is 24.5 Å². The van der Waals surface area contributed by atoms with Crippen molar-refractivity contribution in [3.8, 4) is 0 Å². The van der Waals surface area contributed by atoms with Crippen molar-refractivity contribution >= 4 is 21.4 Å². The van der Waals surface area contributed by atoms with Gasteiger partial charge in [0.25, 0.3) is 0 Å². The van der Waals surface area contributed by atoms with E-state index in [1.807, 2.05) is 30.6 Å². The fourth-order valence-electron chi connectivity index (χ4n) is 5.29. The van der Waals surface area contributed by atoms with Crippen LogP contribution in [0, 0.1) is 5.82 Å². The third kappa shape index (κ3) is 4.44. The highest BCUT2D eigenvalue weighted by molar-refractivity contribution is 7.19. The van der Waals surface area contributed by atoms with Gasteiger partial charge in [-0.05, 0) is 59.2 Å². The Morgan fingerprint density at radius 1 is 0.789 bits per heavy atom. The lowest BCUT2D eigenvalue weighted by Crippen LogP contribution is -2.36. The first kappa shape index (κ1) is 24.3. The first-order valence-corrected chi connectivity index (χ1v) is 13.5. The number of thiophene rings is 1. The minimum absolute atomic E-state index is 0.263. The molecule has 0 aliphatic carbocycles. The number of halogens is 1. The molecular formula is C33H27FN2OS. The normalized spacial score (nSPS) is 12.6. The van der Waals surface area contributed by atoms with Crippen LogP contribution in [-0.2, 0) is 12.0 Å². The van der Waals surface area contributed by atoms with Crippen molar-refractivity contribution in [1.82, 2.24) is 9.55 Å². The summed E-state index contributed by atoms with van der Waals surface area (Å²) >= 11 is 1.51. The molecule has 6 aromatic rings. The van der Waals surface area contributed by atoms with E-state index < -0.39 is 11.6 Å². The molecule has 0 amide bonds. The van der Waals surface area contributed by atoms with Crippen LogP contribution in [0.1, 0.15) is 39.8 Å². The summed E-state index contributed by atoms with van der Waals surface area (Å²) in [6.45, 7) is 0. The van der Waals surface area contributed by atoms with Crippen molar-refractivity contribution in [3.05, 3.63) is 161 Å². The van der Waals surface area contributed by atoms with Crippen molar-refractivity contribution in [2.75, 3.05) is 0 Å². The number of aryl methyl sites for hydroxylation is 1. The van der Waals surface area contributed by atoms with Crippen LogP contribution in [-0.4, -0.2) is 14.7 Å². The average Bonchev–Trinajstić information content (AvgIpc) is 3.61. The van der Waals surface area contributed by atoms with Crippen LogP contribution in [0.3, 0.4) is 0 Å². The second-order valence-corrected chi connectivity index (χ2v) is 10.6. The van der Waals surface area contributed by atoms with Crippen molar-refractivity contribution < 1.29 is 9.50 Å². The van der Waals surface area contributed by atoms with E-state index in [0.29, 0.717) is 12.8 Å². The predicted octanol–water partition coefficient (Wildman–Crippen LogP) is 7.74. The predicted molar refractivity (Wildman–Crippen MR) is 152 cm³/mol. The van der Waals surface area contributed by atoms with E-state index in [1.54, 1.807) is 6.07 Å². The Balaban J connectivity index is 1.36. The lowest BCUT2D eigenvalue weighted by atomic mass is 9.77. The highest BCUT2D eigenvalue weighted by atomic mass is 32.1. The zero-order valence-corrected chi connectivity index (χ0v) is 21.6. The molecule has 0 saturated carbocycles. The summed E-state index contributed by atoms with van der Waals surface area (Å²) < 4.78 is 16.8. The summed E-state index contributed by atoms with van der Waals surface area (Å²) in [4.78, 5) is 5.63. The zero-order chi connectivity index (χ0) is 26.0. The molecule has 1 atom stereocenters. The quantitative estimate of drug-likeness (QED) is 0.209. The van der Waals surface area contributed by atoms with Crippen LogP contribution >= 0.6 is 11.3 Å². The highest BCUT2D eigenvalue weighted by Gasteiger charge is 2.38. The van der Waals surface area contributed by atoms with Gasteiger partial charge in [0.05, 0.1) is 18.1 Å². The lowest BCUT2D eigenvalue weighted by molar-refractivity contribution is 0.171. The number of aliphatic hydroxyl groups is 1. The monoisotopic (exact) mass is 518 g/mol. The molecule has 6 rings (SSSR count). The van der Waals surface area contributed by atoms with Gasteiger partial charge in [-0.25, -0.2) is 9.37 Å². The number of aromatic nitrogens is 2. The van der Waals surface area contributed by atoms with E-state index in [9.17, 15) is 9.50 Å². The Morgan fingerprint density at radius 3 is 1.95 bits per heavy atom. The molecule has 38 heavy (non-hydrogen) atoms. The van der Waals surface area contributed by atoms with Crippen LogP contribution < -0.4 is 0 Å². The lowest BCUT2D eigenvalue weighted by Gasteiger charge is -2.37. The van der Waals surface area contributed by atoms with Crippen molar-refractivity contribution in [2.24, 2.45) is 0 Å². The molecule has 1 unspecified atom stereocenters. The summed E-state index contributed by atoms with van der Waals surface area (Å²) in [6.07, 6.45) is 4.51. The van der Waals surface area contributed by atoms with E-state index in [4.69, 9.17) is 4.98 Å². The van der Waals surface area contributed by atoms with Crippen LogP contribution in [0.2, 0.25) is 0 Å². The van der Waals surface area contributed by atoms with Gasteiger partial charge < -0.3 is 9.67 Å². The second kappa shape index (κ2) is 10.4. The van der Waals surface area contributed by atoms with Crippen LogP contribution in [0.25, 0.3) is 10.1 Å². The molecule has 0 fully saturated rings. The number of nitrogens with zero attached hydrogens (tertiary/aromatic N) is 2. The fourth-order valence-corrected chi connectivity index (χ4v) is 6.35. The largest absolute Gasteiger partial charge is 0.388 e. The fraction of sp³-hybridized carbons (Fsp3) is 0.121. The Labute approximate surface area is 225 Å². The number of hydrogen-bond donors (Lipinski definition) is 1. The van der Waals surface area contributed by atoms with Crippen LogP contribution in [0.4, 0.5) is 4.39 Å². The molecular weight excluding hydrogens is 491 g/mol. The summed E-state index contributed by atoms with van der Waals surface area (Å²) in [6, 6.07) is 38.1. The van der Waals surface area contributed by atoms with Gasteiger partial charge in [-0.1, -0.05) is 91.0 Å². The summed E-state index contributed by atoms with van der Waals surface area (Å²) in [7, 11) is 0. The Hall–Kier alpha value is -4.06. The van der Waals surface area contributed by atoms with E-state index in [1.165, 1.54) is 23.5 Å². The summed E-state index contributed by atoms with van der Waals surface area (Å²) in [5.74, 6) is -0.263. The molecule has 0 saturated heterocycles. The molecule has 0 spiro atoms. The molecule has 4 aromatic carbocycles. The molecule has 0 aliphatic rings. The molecule has 5 heteroatoms. The molecule has 2 aromatic heterocycles. The maximum Gasteiger partial charge on any atom is 0.123 e. The highest BCUT2D eigenvalue weighted by Crippen LogP contribution is 2.41. The maximum atomic E-state index is 13.6. The molecule has 2 heterocycles. The van der Waals surface area contributed by atoms with E-state index in [0.717, 1.165) is 37.3 Å². The SMILES string of the molecule is OC(CCc1cn(C(c2ccccc2)(c2ccccc2)c2ccccc2)cn1)c1cc2cc(F)ccc2s1. The van der Waals surface area contributed by atoms with Gasteiger partial charge in [0.2, 0.25) is 0 Å². The number of fused-ring (bicyclic) bond motifs is 1. The van der Waals surface area contributed by atoms with Crippen molar-refractivity contribution in [3.63, 3.8) is 0 Å². The number of rotatable bonds is 8. The number of hydrogen-bond acceptors (Lipinski definition) is 3. The Morgan fingerprint density at radius 2 is 1.37 bits per heavy atom. The van der Waals surface area contributed by atoms with Gasteiger partial charge in [0, 0.05) is 15.8 Å². The molecule has 3 nitrogen and oxygen atoms in total. The van der Waals surface area contributed by atoms with Gasteiger partial charge >= 0.3 is 0 Å². The number of aliphatic hydroxyl groups excluding tert-OH is 1. The number of benzene rings is 4. The number of imidazole rings is 1. The van der Waals surface area contributed by atoms with E-state index >= 15 is 0 Å². The summed E-state index contributed by atoms with van der Waals surface area (Å²) in [5.41, 5.74) is 3.71. The van der Waals surface area contributed by atoms with Crippen LogP contribution in [0.15, 0.2) is 128 Å². The average molecular weight is 519 g/mol. The zero-order valence-electron chi connectivity index (χ0n) is 20.7. The first-order valence-electron chi connectivity index (χ1n) is 12.7. The maximum absolute atomic E-state index is 13.6. The van der Waals surface area contributed by atoms with Gasteiger partial charge in [-0.3, -0.25) is 0 Å². The molecule has 0 aliphatic heterocycles. The smallest absolute Gasteiger partial charge is 0.123 e. The minimum atomic E-state index is -0.636. The minimum Gasteiger partial charge on any atom is -0.388 e. The third-order valence-electron chi connectivity index (χ3n) is 7.10. The standard InChI is InChI=1S/C33H27FN2OS/c34-28-16-19-31-24(20-28)21-32(38-31)30(37)18-17-29-22-36(23-35-29)33(25-10-4-1-5-11-25,26-12-6-2-7-13-26)27-14-8-3-9-15-27/h1-16,19-23,30,37H,17-18H2. The van der Waals surface area contributed by atoms with E-state index in [2.05, 4.69) is 83.6 Å². The molecule has 0 radical (unpaired) electrons. The van der Waals surface area contributed by atoms with Gasteiger partial charge in [0.1, 0.15) is 11.4 Å². The Kier molecular flexibility index (Phi) is 6.62.